The van der Waals surface area contributed by atoms with Gasteiger partial charge >= 0.3 is 0 Å². The van der Waals surface area contributed by atoms with E-state index in [1.165, 1.54) is 5.56 Å². The van der Waals surface area contributed by atoms with E-state index in [1.807, 2.05) is 19.1 Å². The summed E-state index contributed by atoms with van der Waals surface area (Å²) in [5.74, 6) is 1.84. The van der Waals surface area contributed by atoms with Gasteiger partial charge < -0.3 is 14.9 Å². The van der Waals surface area contributed by atoms with Crippen LogP contribution in [0.1, 0.15) is 29.8 Å². The number of hydrogen-bond donors (Lipinski definition) is 1. The zero-order chi connectivity index (χ0) is 13.8. The van der Waals surface area contributed by atoms with Gasteiger partial charge in [0, 0.05) is 13.0 Å². The molecule has 2 aromatic rings. The molecule has 1 unspecified atom stereocenters. The highest BCUT2D eigenvalue weighted by Gasteiger charge is 2.09. The van der Waals surface area contributed by atoms with Gasteiger partial charge in [-0.05, 0) is 31.9 Å². The van der Waals surface area contributed by atoms with E-state index in [1.54, 1.807) is 6.92 Å². The smallest absolute Gasteiger partial charge is 0.253 e. The Labute approximate surface area is 112 Å². The number of aryl methyl sites for hydroxylation is 2. The van der Waals surface area contributed by atoms with Crippen molar-refractivity contribution in [1.82, 2.24) is 10.2 Å². The van der Waals surface area contributed by atoms with Crippen LogP contribution in [0.2, 0.25) is 0 Å². The molecule has 0 spiro atoms. The second-order valence-corrected chi connectivity index (χ2v) is 4.80. The molecule has 1 aromatic carbocycles. The fourth-order valence-corrected chi connectivity index (χ4v) is 1.89. The summed E-state index contributed by atoms with van der Waals surface area (Å²) in [6.45, 7) is 6.06. The number of ether oxygens (including phenoxy) is 1. The summed E-state index contributed by atoms with van der Waals surface area (Å²) in [5.41, 5.74) is 8.15. The molecular formula is C14H19N3O2. The van der Waals surface area contributed by atoms with E-state index < -0.39 is 0 Å². The third-order valence-electron chi connectivity index (χ3n) is 2.68. The number of aromatic nitrogens is 2. The van der Waals surface area contributed by atoms with Crippen LogP contribution in [-0.4, -0.2) is 16.2 Å². The van der Waals surface area contributed by atoms with Gasteiger partial charge in [-0.1, -0.05) is 17.7 Å². The summed E-state index contributed by atoms with van der Waals surface area (Å²) in [4.78, 5) is 0. The molecule has 5 nitrogen and oxygen atoms in total. The first-order valence-electron chi connectivity index (χ1n) is 6.31. The zero-order valence-corrected chi connectivity index (χ0v) is 11.5. The number of nitrogens with zero attached hydrogens (tertiary/aromatic N) is 2. The lowest BCUT2D eigenvalue weighted by atomic mass is 10.0. The predicted octanol–water partition coefficient (Wildman–Crippen LogP) is 2.16. The third-order valence-corrected chi connectivity index (χ3v) is 2.68. The van der Waals surface area contributed by atoms with Crippen LogP contribution in [0.15, 0.2) is 22.6 Å². The Morgan fingerprint density at radius 3 is 2.74 bits per heavy atom. The lowest BCUT2D eigenvalue weighted by Crippen LogP contribution is -2.18. The van der Waals surface area contributed by atoms with Gasteiger partial charge in [0.25, 0.3) is 5.89 Å². The van der Waals surface area contributed by atoms with Crippen LogP contribution in [0.5, 0.6) is 5.75 Å². The molecule has 2 rings (SSSR count). The van der Waals surface area contributed by atoms with Crippen LogP contribution in [0.25, 0.3) is 0 Å². The standard InChI is InChI=1S/C14H19N3O2/c1-9-4-5-13(12(6-9)7-10(2)15)18-8-14-17-16-11(3)19-14/h4-6,10H,7-8,15H2,1-3H3. The first-order valence-corrected chi connectivity index (χ1v) is 6.31. The third kappa shape index (κ3) is 3.79. The van der Waals surface area contributed by atoms with Crippen molar-refractivity contribution in [3.63, 3.8) is 0 Å². The van der Waals surface area contributed by atoms with Gasteiger partial charge in [0.05, 0.1) is 0 Å². The van der Waals surface area contributed by atoms with Gasteiger partial charge in [-0.3, -0.25) is 0 Å². The average Bonchev–Trinajstić information content (AvgIpc) is 2.73. The lowest BCUT2D eigenvalue weighted by molar-refractivity contribution is 0.258. The molecule has 1 aromatic heterocycles. The fraction of sp³-hybridized carbons (Fsp3) is 0.429. The van der Waals surface area contributed by atoms with Crippen molar-refractivity contribution in [3.8, 4) is 5.75 Å². The minimum Gasteiger partial charge on any atom is -0.484 e. The highest BCUT2D eigenvalue weighted by molar-refractivity contribution is 5.37. The second kappa shape index (κ2) is 5.84. The van der Waals surface area contributed by atoms with E-state index in [0.29, 0.717) is 11.8 Å². The van der Waals surface area contributed by atoms with Crippen LogP contribution < -0.4 is 10.5 Å². The molecule has 0 fully saturated rings. The number of hydrogen-bond acceptors (Lipinski definition) is 5. The Hall–Kier alpha value is -1.88. The summed E-state index contributed by atoms with van der Waals surface area (Å²) < 4.78 is 11.0. The molecule has 5 heteroatoms. The summed E-state index contributed by atoms with van der Waals surface area (Å²) in [7, 11) is 0. The Morgan fingerprint density at radius 1 is 1.32 bits per heavy atom. The quantitative estimate of drug-likeness (QED) is 0.892. The van der Waals surface area contributed by atoms with Crippen LogP contribution in [-0.2, 0) is 13.0 Å². The van der Waals surface area contributed by atoms with Crippen LogP contribution in [0.3, 0.4) is 0 Å². The minimum atomic E-state index is 0.0924. The Bertz CT molecular complexity index is 549. The molecular weight excluding hydrogens is 242 g/mol. The van der Waals surface area contributed by atoms with Gasteiger partial charge in [0.2, 0.25) is 5.89 Å². The summed E-state index contributed by atoms with van der Waals surface area (Å²) in [6, 6.07) is 6.16. The van der Waals surface area contributed by atoms with Crippen molar-refractivity contribution in [3.05, 3.63) is 41.1 Å². The Morgan fingerprint density at radius 2 is 2.11 bits per heavy atom. The monoisotopic (exact) mass is 261 g/mol. The maximum absolute atomic E-state index is 5.86. The van der Waals surface area contributed by atoms with E-state index in [0.717, 1.165) is 17.7 Å². The van der Waals surface area contributed by atoms with Crippen molar-refractivity contribution in [2.24, 2.45) is 5.73 Å². The summed E-state index contributed by atoms with van der Waals surface area (Å²) in [5, 5.41) is 7.67. The first-order chi connectivity index (χ1) is 9.04. The Balaban J connectivity index is 2.10. The fourth-order valence-electron chi connectivity index (χ4n) is 1.89. The van der Waals surface area contributed by atoms with Gasteiger partial charge in [-0.25, -0.2) is 0 Å². The van der Waals surface area contributed by atoms with Gasteiger partial charge in [0.1, 0.15) is 5.75 Å². The molecule has 19 heavy (non-hydrogen) atoms. The van der Waals surface area contributed by atoms with Crippen LogP contribution in [0.4, 0.5) is 0 Å². The van der Waals surface area contributed by atoms with E-state index in [9.17, 15) is 0 Å². The van der Waals surface area contributed by atoms with Crippen LogP contribution >= 0.6 is 0 Å². The molecule has 0 radical (unpaired) electrons. The minimum absolute atomic E-state index is 0.0924. The molecule has 0 aliphatic heterocycles. The molecule has 0 aliphatic carbocycles. The van der Waals surface area contributed by atoms with Crippen molar-refractivity contribution >= 4 is 0 Å². The largest absolute Gasteiger partial charge is 0.484 e. The molecule has 0 bridgehead atoms. The highest BCUT2D eigenvalue weighted by atomic mass is 16.5. The summed E-state index contributed by atoms with van der Waals surface area (Å²) >= 11 is 0. The zero-order valence-electron chi connectivity index (χ0n) is 11.5. The average molecular weight is 261 g/mol. The maximum Gasteiger partial charge on any atom is 0.253 e. The SMILES string of the molecule is Cc1ccc(OCc2nnc(C)o2)c(CC(C)N)c1. The lowest BCUT2D eigenvalue weighted by Gasteiger charge is -2.12. The number of nitrogens with two attached hydrogens (primary N) is 1. The maximum atomic E-state index is 5.86. The van der Waals surface area contributed by atoms with Crippen molar-refractivity contribution < 1.29 is 9.15 Å². The molecule has 0 saturated carbocycles. The van der Waals surface area contributed by atoms with Crippen LogP contribution in [0, 0.1) is 13.8 Å². The molecule has 0 aliphatic rings. The first kappa shape index (κ1) is 13.5. The van der Waals surface area contributed by atoms with Crippen molar-refractivity contribution in [1.29, 1.82) is 0 Å². The van der Waals surface area contributed by atoms with Crippen molar-refractivity contribution in [2.45, 2.75) is 39.8 Å². The molecule has 0 saturated heterocycles. The summed E-state index contributed by atoms with van der Waals surface area (Å²) in [6.07, 6.45) is 0.778. The normalized spacial score (nSPS) is 12.4. The van der Waals surface area contributed by atoms with Crippen molar-refractivity contribution in [2.75, 3.05) is 0 Å². The second-order valence-electron chi connectivity index (χ2n) is 4.80. The molecule has 2 N–H and O–H groups in total. The van der Waals surface area contributed by atoms with E-state index >= 15 is 0 Å². The molecule has 0 amide bonds. The highest BCUT2D eigenvalue weighted by Crippen LogP contribution is 2.22. The van der Waals surface area contributed by atoms with Gasteiger partial charge in [0.15, 0.2) is 6.61 Å². The topological polar surface area (TPSA) is 74.2 Å². The van der Waals surface area contributed by atoms with E-state index in [4.69, 9.17) is 14.9 Å². The van der Waals surface area contributed by atoms with Gasteiger partial charge in [-0.15, -0.1) is 10.2 Å². The molecule has 1 heterocycles. The van der Waals surface area contributed by atoms with Gasteiger partial charge in [-0.2, -0.15) is 0 Å². The van der Waals surface area contributed by atoms with E-state index in [2.05, 4.69) is 23.2 Å². The number of rotatable bonds is 5. The molecule has 1 atom stereocenters. The predicted molar refractivity (Wildman–Crippen MR) is 71.9 cm³/mol. The molecule has 102 valence electrons. The Kier molecular flexibility index (Phi) is 4.16. The van der Waals surface area contributed by atoms with E-state index in [-0.39, 0.29) is 12.6 Å². The number of benzene rings is 1.